The van der Waals surface area contributed by atoms with E-state index in [4.69, 9.17) is 16.3 Å². The molecule has 0 aromatic heterocycles. The quantitative estimate of drug-likeness (QED) is 0.773. The van der Waals surface area contributed by atoms with Crippen LogP contribution in [-0.2, 0) is 11.3 Å². The molecule has 2 nitrogen and oxygen atoms in total. The van der Waals surface area contributed by atoms with Gasteiger partial charge in [-0.25, -0.2) is 4.39 Å². The van der Waals surface area contributed by atoms with Crippen molar-refractivity contribution in [2.24, 2.45) is 0 Å². The summed E-state index contributed by atoms with van der Waals surface area (Å²) in [6.07, 6.45) is 3.54. The van der Waals surface area contributed by atoms with Crippen LogP contribution in [0.3, 0.4) is 0 Å². The molecule has 104 valence electrons. The molecule has 0 amide bonds. The van der Waals surface area contributed by atoms with E-state index in [1.807, 2.05) is 0 Å². The molecule has 0 bridgehead atoms. The third-order valence-electron chi connectivity index (χ3n) is 4.67. The Morgan fingerprint density at radius 1 is 1.32 bits per heavy atom. The van der Waals surface area contributed by atoms with Crippen LogP contribution in [0.4, 0.5) is 4.39 Å². The summed E-state index contributed by atoms with van der Waals surface area (Å²) < 4.78 is 20.5. The van der Waals surface area contributed by atoms with Crippen LogP contribution in [0.5, 0.6) is 0 Å². The minimum atomic E-state index is -0.171. The molecular weight excluding hydrogens is 265 g/mol. The molecule has 2 aliphatic rings. The molecule has 0 aliphatic carbocycles. The zero-order valence-corrected chi connectivity index (χ0v) is 11.8. The van der Waals surface area contributed by atoms with E-state index in [1.54, 1.807) is 12.1 Å². The molecule has 1 atom stereocenters. The summed E-state index contributed by atoms with van der Waals surface area (Å²) in [5.41, 5.74) is 0.679. The normalized spacial score (nSPS) is 25.9. The minimum Gasteiger partial charge on any atom is -0.375 e. The first-order valence-corrected chi connectivity index (χ1v) is 7.45. The van der Waals surface area contributed by atoms with Crippen LogP contribution in [0.25, 0.3) is 0 Å². The molecule has 2 saturated heterocycles. The van der Waals surface area contributed by atoms with E-state index in [2.05, 4.69) is 0 Å². The van der Waals surface area contributed by atoms with Crippen LogP contribution in [-0.4, -0.2) is 36.8 Å². The number of hydrogen-bond acceptors (Lipinski definition) is 1. The van der Waals surface area contributed by atoms with Gasteiger partial charge in [0.2, 0.25) is 0 Å². The summed E-state index contributed by atoms with van der Waals surface area (Å²) in [6.45, 7) is 4.61. The van der Waals surface area contributed by atoms with Gasteiger partial charge in [0.15, 0.2) is 0 Å². The molecule has 2 fully saturated rings. The first kappa shape index (κ1) is 13.3. The van der Waals surface area contributed by atoms with E-state index in [9.17, 15) is 4.39 Å². The number of quaternary nitrogens is 1. The molecule has 1 aromatic rings. The number of ether oxygens (including phenoxy) is 1. The van der Waals surface area contributed by atoms with Gasteiger partial charge in [-0.2, -0.15) is 0 Å². The molecule has 0 unspecified atom stereocenters. The van der Waals surface area contributed by atoms with Crippen molar-refractivity contribution in [3.63, 3.8) is 0 Å². The SMILES string of the molecule is Fc1cccc(Cl)c1C[N+]1([C@H]2CCOC2)CCCC1. The maximum atomic E-state index is 14.0. The van der Waals surface area contributed by atoms with Gasteiger partial charge in [0.1, 0.15) is 18.4 Å². The van der Waals surface area contributed by atoms with Gasteiger partial charge in [-0.05, 0) is 12.1 Å². The van der Waals surface area contributed by atoms with Crippen molar-refractivity contribution in [2.45, 2.75) is 31.8 Å². The van der Waals surface area contributed by atoms with Crippen LogP contribution >= 0.6 is 11.6 Å². The second-order valence-electron chi connectivity index (χ2n) is 5.75. The van der Waals surface area contributed by atoms with Gasteiger partial charge < -0.3 is 9.22 Å². The Kier molecular flexibility index (Phi) is 3.79. The summed E-state index contributed by atoms with van der Waals surface area (Å²) in [4.78, 5) is 0. The van der Waals surface area contributed by atoms with Crippen molar-refractivity contribution in [2.75, 3.05) is 26.3 Å². The van der Waals surface area contributed by atoms with Crippen LogP contribution < -0.4 is 0 Å². The number of halogens is 2. The summed E-state index contributed by atoms with van der Waals surface area (Å²) in [7, 11) is 0. The summed E-state index contributed by atoms with van der Waals surface area (Å²) >= 11 is 6.20. The van der Waals surface area contributed by atoms with Crippen LogP contribution in [0.1, 0.15) is 24.8 Å². The molecule has 2 heterocycles. The Bertz CT molecular complexity index is 433. The second kappa shape index (κ2) is 5.39. The fraction of sp³-hybridized carbons (Fsp3) is 0.600. The fourth-order valence-corrected chi connectivity index (χ4v) is 3.79. The van der Waals surface area contributed by atoms with Crippen molar-refractivity contribution in [3.05, 3.63) is 34.6 Å². The highest BCUT2D eigenvalue weighted by Gasteiger charge is 2.42. The summed E-state index contributed by atoms with van der Waals surface area (Å²) in [5, 5.41) is 0.559. The maximum absolute atomic E-state index is 14.0. The third kappa shape index (κ3) is 2.51. The van der Waals surface area contributed by atoms with E-state index in [-0.39, 0.29) is 5.82 Å². The Hall–Kier alpha value is -0.640. The predicted molar refractivity (Wildman–Crippen MR) is 73.6 cm³/mol. The zero-order valence-electron chi connectivity index (χ0n) is 11.1. The predicted octanol–water partition coefficient (Wildman–Crippen LogP) is 3.38. The monoisotopic (exact) mass is 284 g/mol. The van der Waals surface area contributed by atoms with Gasteiger partial charge in [-0.3, -0.25) is 0 Å². The van der Waals surface area contributed by atoms with Crippen molar-refractivity contribution in [1.29, 1.82) is 0 Å². The Labute approximate surface area is 118 Å². The second-order valence-corrected chi connectivity index (χ2v) is 6.16. The summed E-state index contributed by atoms with van der Waals surface area (Å²) in [5.74, 6) is -0.171. The Morgan fingerprint density at radius 3 is 2.74 bits per heavy atom. The lowest BCUT2D eigenvalue weighted by atomic mass is 10.1. The number of nitrogens with zero attached hydrogens (tertiary/aromatic N) is 1. The number of benzene rings is 1. The minimum absolute atomic E-state index is 0.171. The molecule has 1 aromatic carbocycles. The van der Waals surface area contributed by atoms with Crippen molar-refractivity contribution < 1.29 is 13.6 Å². The van der Waals surface area contributed by atoms with E-state index in [0.29, 0.717) is 23.2 Å². The van der Waals surface area contributed by atoms with Crippen LogP contribution in [0.2, 0.25) is 5.02 Å². The fourth-order valence-electron chi connectivity index (χ4n) is 3.57. The Balaban J connectivity index is 1.89. The van der Waals surface area contributed by atoms with Crippen LogP contribution in [0.15, 0.2) is 18.2 Å². The average molecular weight is 285 g/mol. The smallest absolute Gasteiger partial charge is 0.133 e. The molecule has 0 radical (unpaired) electrons. The average Bonchev–Trinajstić information content (AvgIpc) is 3.06. The van der Waals surface area contributed by atoms with Crippen molar-refractivity contribution >= 4 is 11.6 Å². The third-order valence-corrected chi connectivity index (χ3v) is 5.03. The lowest BCUT2D eigenvalue weighted by molar-refractivity contribution is -0.951. The first-order chi connectivity index (χ1) is 9.21. The number of likely N-dealkylation sites (tertiary alicyclic amines) is 1. The zero-order chi connectivity index (χ0) is 13.3. The highest BCUT2D eigenvalue weighted by molar-refractivity contribution is 6.31. The van der Waals surface area contributed by atoms with Gasteiger partial charge in [0.05, 0.1) is 36.9 Å². The van der Waals surface area contributed by atoms with Gasteiger partial charge in [-0.15, -0.1) is 0 Å². The van der Waals surface area contributed by atoms with Crippen LogP contribution in [0, 0.1) is 5.82 Å². The van der Waals surface area contributed by atoms with Crippen molar-refractivity contribution in [1.82, 2.24) is 0 Å². The number of rotatable bonds is 3. The highest BCUT2D eigenvalue weighted by atomic mass is 35.5. The molecule has 19 heavy (non-hydrogen) atoms. The van der Waals surface area contributed by atoms with Crippen molar-refractivity contribution in [3.8, 4) is 0 Å². The molecule has 4 heteroatoms. The van der Waals surface area contributed by atoms with Gasteiger partial charge in [0.25, 0.3) is 0 Å². The summed E-state index contributed by atoms with van der Waals surface area (Å²) in [6, 6.07) is 5.49. The molecule has 0 N–H and O–H groups in total. The topological polar surface area (TPSA) is 9.23 Å². The number of hydrogen-bond donors (Lipinski definition) is 0. The molecule has 2 aliphatic heterocycles. The standard InChI is InChI=1S/C15H20ClFNO/c16-14-4-3-5-15(17)13(14)10-18(7-1-2-8-18)12-6-9-19-11-12/h3-5,12H,1-2,6-11H2/q+1/t12-/m0/s1. The first-order valence-electron chi connectivity index (χ1n) is 7.08. The largest absolute Gasteiger partial charge is 0.375 e. The molecule has 3 rings (SSSR count). The van der Waals surface area contributed by atoms with E-state index in [0.717, 1.165) is 37.2 Å². The van der Waals surface area contributed by atoms with E-state index >= 15 is 0 Å². The Morgan fingerprint density at radius 2 is 2.11 bits per heavy atom. The van der Waals surface area contributed by atoms with Gasteiger partial charge in [0, 0.05) is 19.3 Å². The lowest BCUT2D eigenvalue weighted by Gasteiger charge is -2.39. The highest BCUT2D eigenvalue weighted by Crippen LogP contribution is 2.33. The molecular formula is C15H20ClFNO+. The van der Waals surface area contributed by atoms with Gasteiger partial charge >= 0.3 is 0 Å². The molecule has 0 spiro atoms. The van der Waals surface area contributed by atoms with E-state index in [1.165, 1.54) is 18.9 Å². The van der Waals surface area contributed by atoms with Gasteiger partial charge in [-0.1, -0.05) is 17.7 Å². The van der Waals surface area contributed by atoms with E-state index < -0.39 is 0 Å². The molecule has 0 saturated carbocycles. The maximum Gasteiger partial charge on any atom is 0.133 e. The lowest BCUT2D eigenvalue weighted by Crippen LogP contribution is -2.53.